The topological polar surface area (TPSA) is 108 Å². The van der Waals surface area contributed by atoms with Gasteiger partial charge in [0, 0.05) is 37.5 Å². The minimum Gasteiger partial charge on any atom is -0.481 e. The number of carbonyl (C=O) groups excluding carboxylic acids is 1. The second-order valence-electron chi connectivity index (χ2n) is 10.8. The van der Waals surface area contributed by atoms with Gasteiger partial charge in [-0.25, -0.2) is 0 Å². The van der Waals surface area contributed by atoms with E-state index >= 15 is 0 Å². The number of carboxylic acids is 1. The van der Waals surface area contributed by atoms with Crippen LogP contribution in [-0.2, 0) is 32.2 Å². The van der Waals surface area contributed by atoms with E-state index in [1.807, 2.05) is 85.9 Å². The first-order chi connectivity index (χ1) is 20.3. The summed E-state index contributed by atoms with van der Waals surface area (Å²) in [7, 11) is 2.05. The van der Waals surface area contributed by atoms with Crippen molar-refractivity contribution in [2.75, 3.05) is 20.1 Å². The minimum absolute atomic E-state index is 0.00532. The second-order valence-corrected chi connectivity index (χ2v) is 10.8. The Morgan fingerprint density at radius 3 is 2.33 bits per heavy atom. The van der Waals surface area contributed by atoms with Crippen molar-refractivity contribution in [1.29, 1.82) is 0 Å². The first-order valence-electron chi connectivity index (χ1n) is 14.3. The number of hydrogen-bond donors (Lipinski definition) is 3. The van der Waals surface area contributed by atoms with Crippen LogP contribution in [0.5, 0.6) is 0 Å². The lowest BCUT2D eigenvalue weighted by Gasteiger charge is -2.42. The third-order valence-electron chi connectivity index (χ3n) is 7.61. The smallest absolute Gasteiger partial charge is 0.303 e. The summed E-state index contributed by atoms with van der Waals surface area (Å²) in [5, 5.41) is 21.1. The normalized spacial score (nSPS) is 20.3. The fraction of sp³-hybridized carbons (Fsp3) is 0.353. The van der Waals surface area contributed by atoms with Gasteiger partial charge in [-0.1, -0.05) is 85.8 Å². The number of hydrogen-bond acceptors (Lipinski definition) is 6. The van der Waals surface area contributed by atoms with Gasteiger partial charge in [-0.15, -0.1) is 6.58 Å². The Morgan fingerprint density at radius 1 is 0.976 bits per heavy atom. The number of carboxylic acid groups (broad SMARTS) is 1. The number of likely N-dealkylation sites (N-methyl/N-ethyl adjacent to an activating group) is 1. The molecular weight excluding hydrogens is 532 g/mol. The molecule has 8 heteroatoms. The number of rotatable bonds is 13. The molecule has 42 heavy (non-hydrogen) atoms. The lowest BCUT2D eigenvalue weighted by atomic mass is 9.90. The highest BCUT2D eigenvalue weighted by atomic mass is 16.7. The Bertz CT molecular complexity index is 1340. The van der Waals surface area contributed by atoms with Gasteiger partial charge < -0.3 is 29.9 Å². The van der Waals surface area contributed by atoms with E-state index in [2.05, 4.69) is 23.7 Å². The number of aliphatic hydroxyl groups is 1. The molecule has 3 aromatic rings. The van der Waals surface area contributed by atoms with Crippen LogP contribution in [0.15, 0.2) is 85.5 Å². The number of nitrogens with one attached hydrogen (secondary N) is 1. The highest BCUT2D eigenvalue weighted by Crippen LogP contribution is 2.42. The van der Waals surface area contributed by atoms with Crippen molar-refractivity contribution in [2.45, 2.75) is 51.4 Å². The molecule has 0 aliphatic carbocycles. The molecule has 1 aliphatic rings. The number of carbonyl (C=O) groups is 2. The third kappa shape index (κ3) is 8.14. The summed E-state index contributed by atoms with van der Waals surface area (Å²) in [6.45, 7) is 7.78. The predicted octanol–water partition coefficient (Wildman–Crippen LogP) is 5.24. The summed E-state index contributed by atoms with van der Waals surface area (Å²) in [6.07, 6.45) is 0.793. The Balaban J connectivity index is 1.53. The molecule has 4 unspecified atom stereocenters. The molecule has 0 radical (unpaired) electrons. The zero-order chi connectivity index (χ0) is 30.1. The first kappa shape index (κ1) is 31.1. The standard InChI is InChI=1S/C34H40N2O6/c1-4-19-36(3)21-30-23(2)33(26-11-9-24(22-37)10-12-26)42-34(41-30)27-15-13-25(14-16-27)29-8-6-5-7-28(29)20-35-31(38)17-18-32(39)40/h4-16,23,30,33-34,37H,1,17-22H2,2-3H3,(H,35,38)(H,39,40). The maximum atomic E-state index is 12.1. The van der Waals surface area contributed by atoms with Crippen molar-refractivity contribution in [3.8, 4) is 11.1 Å². The molecular formula is C34H40N2O6. The van der Waals surface area contributed by atoms with E-state index in [0.29, 0.717) is 6.54 Å². The zero-order valence-corrected chi connectivity index (χ0v) is 24.2. The summed E-state index contributed by atoms with van der Waals surface area (Å²) >= 11 is 0. The molecule has 0 spiro atoms. The molecule has 0 saturated carbocycles. The van der Waals surface area contributed by atoms with Gasteiger partial charge in [0.15, 0.2) is 6.29 Å². The van der Waals surface area contributed by atoms with Gasteiger partial charge in [0.25, 0.3) is 0 Å². The number of benzene rings is 3. The van der Waals surface area contributed by atoms with Crippen LogP contribution < -0.4 is 5.32 Å². The van der Waals surface area contributed by atoms with Gasteiger partial charge in [-0.05, 0) is 34.9 Å². The Morgan fingerprint density at radius 2 is 1.67 bits per heavy atom. The molecule has 4 rings (SSSR count). The van der Waals surface area contributed by atoms with E-state index in [9.17, 15) is 14.7 Å². The summed E-state index contributed by atoms with van der Waals surface area (Å²) in [5.41, 5.74) is 5.69. The summed E-state index contributed by atoms with van der Waals surface area (Å²) in [6, 6.07) is 23.8. The van der Waals surface area contributed by atoms with E-state index in [4.69, 9.17) is 14.6 Å². The van der Waals surface area contributed by atoms with Crippen LogP contribution in [-0.4, -0.2) is 53.2 Å². The zero-order valence-electron chi connectivity index (χ0n) is 24.2. The van der Waals surface area contributed by atoms with Crippen LogP contribution in [0.25, 0.3) is 11.1 Å². The molecule has 4 atom stereocenters. The second kappa shape index (κ2) is 14.9. The van der Waals surface area contributed by atoms with Crippen molar-refractivity contribution in [2.24, 2.45) is 5.92 Å². The van der Waals surface area contributed by atoms with Gasteiger partial charge in [0.2, 0.25) is 5.91 Å². The van der Waals surface area contributed by atoms with Gasteiger partial charge in [-0.2, -0.15) is 0 Å². The monoisotopic (exact) mass is 572 g/mol. The van der Waals surface area contributed by atoms with Gasteiger partial charge in [0.05, 0.1) is 25.2 Å². The number of nitrogens with zero attached hydrogens (tertiary/aromatic N) is 1. The van der Waals surface area contributed by atoms with Crippen LogP contribution in [0.1, 0.15) is 54.4 Å². The number of aliphatic carboxylic acids is 1. The molecule has 8 nitrogen and oxygen atoms in total. The van der Waals surface area contributed by atoms with E-state index in [1.54, 1.807) is 0 Å². The van der Waals surface area contributed by atoms with Crippen LogP contribution in [0.4, 0.5) is 0 Å². The summed E-state index contributed by atoms with van der Waals surface area (Å²) < 4.78 is 13.1. The molecule has 3 N–H and O–H groups in total. The number of amides is 1. The maximum absolute atomic E-state index is 12.1. The molecule has 0 bridgehead atoms. The van der Waals surface area contributed by atoms with Crippen molar-refractivity contribution in [3.05, 3.63) is 108 Å². The van der Waals surface area contributed by atoms with Crippen LogP contribution in [0, 0.1) is 5.92 Å². The lowest BCUT2D eigenvalue weighted by Crippen LogP contribution is -2.43. The summed E-state index contributed by atoms with van der Waals surface area (Å²) in [5.74, 6) is -1.20. The number of aliphatic hydroxyl groups excluding tert-OH is 1. The Kier molecular flexibility index (Phi) is 11.0. The van der Waals surface area contributed by atoms with Crippen LogP contribution >= 0.6 is 0 Å². The molecule has 1 aliphatic heterocycles. The van der Waals surface area contributed by atoms with Gasteiger partial charge in [-0.3, -0.25) is 9.59 Å². The molecule has 1 amide bonds. The van der Waals surface area contributed by atoms with E-state index in [1.165, 1.54) is 0 Å². The number of ether oxygens (including phenoxy) is 2. The molecule has 1 fully saturated rings. The van der Waals surface area contributed by atoms with Gasteiger partial charge >= 0.3 is 5.97 Å². The largest absolute Gasteiger partial charge is 0.481 e. The molecule has 0 aromatic heterocycles. The average Bonchev–Trinajstić information content (AvgIpc) is 3.00. The minimum atomic E-state index is -0.993. The Labute approximate surface area is 247 Å². The fourth-order valence-corrected chi connectivity index (χ4v) is 5.21. The average molecular weight is 573 g/mol. The van der Waals surface area contributed by atoms with E-state index < -0.39 is 12.3 Å². The van der Waals surface area contributed by atoms with Crippen molar-refractivity contribution < 1.29 is 29.3 Å². The molecule has 1 heterocycles. The molecule has 1 saturated heterocycles. The van der Waals surface area contributed by atoms with E-state index in [-0.39, 0.29) is 43.5 Å². The Hall–Kier alpha value is -3.82. The predicted molar refractivity (Wildman–Crippen MR) is 161 cm³/mol. The van der Waals surface area contributed by atoms with Crippen LogP contribution in [0.3, 0.4) is 0 Å². The highest BCUT2D eigenvalue weighted by Gasteiger charge is 2.38. The van der Waals surface area contributed by atoms with E-state index in [0.717, 1.165) is 46.5 Å². The quantitative estimate of drug-likeness (QED) is 0.241. The lowest BCUT2D eigenvalue weighted by molar-refractivity contribution is -0.275. The van der Waals surface area contributed by atoms with Crippen LogP contribution in [0.2, 0.25) is 0 Å². The van der Waals surface area contributed by atoms with Gasteiger partial charge in [0.1, 0.15) is 0 Å². The maximum Gasteiger partial charge on any atom is 0.303 e. The SMILES string of the molecule is C=CCN(C)CC1OC(c2ccc(-c3ccccc3CNC(=O)CCC(=O)O)cc2)OC(c2ccc(CO)cc2)C1C. The third-order valence-corrected chi connectivity index (χ3v) is 7.61. The first-order valence-corrected chi connectivity index (χ1v) is 14.3. The van der Waals surface area contributed by atoms with Crippen molar-refractivity contribution in [3.63, 3.8) is 0 Å². The van der Waals surface area contributed by atoms with Crippen molar-refractivity contribution in [1.82, 2.24) is 10.2 Å². The molecule has 3 aromatic carbocycles. The fourth-order valence-electron chi connectivity index (χ4n) is 5.21. The highest BCUT2D eigenvalue weighted by molar-refractivity contribution is 5.80. The van der Waals surface area contributed by atoms with Crippen molar-refractivity contribution >= 4 is 11.9 Å². The summed E-state index contributed by atoms with van der Waals surface area (Å²) in [4.78, 5) is 25.0. The molecule has 222 valence electrons.